The molecular weight excluding hydrogens is 328 g/mol. The van der Waals surface area contributed by atoms with Crippen LogP contribution >= 0.6 is 0 Å². The van der Waals surface area contributed by atoms with E-state index < -0.39 is 15.7 Å². The number of rotatable bonds is 5. The Morgan fingerprint density at radius 1 is 1.00 bits per heavy atom. The number of benzene rings is 1. The first-order chi connectivity index (χ1) is 11.5. The highest BCUT2D eigenvalue weighted by Gasteiger charge is 2.19. The van der Waals surface area contributed by atoms with Crippen LogP contribution in [0, 0.1) is 0 Å². The lowest BCUT2D eigenvalue weighted by Gasteiger charge is -2.03. The first-order valence-electron chi connectivity index (χ1n) is 7.12. The molecule has 24 heavy (non-hydrogen) atoms. The summed E-state index contributed by atoms with van der Waals surface area (Å²) in [6, 6.07) is 14.3. The second kappa shape index (κ2) is 6.67. The third-order valence-electron chi connectivity index (χ3n) is 3.26. The Morgan fingerprint density at radius 2 is 1.71 bits per heavy atom. The highest BCUT2D eigenvalue weighted by molar-refractivity contribution is 7.90. The number of amides is 1. The Hall–Kier alpha value is -2.93. The number of nitrogens with one attached hydrogen (secondary N) is 1. The van der Waals surface area contributed by atoms with Gasteiger partial charge in [-0.2, -0.15) is 0 Å². The average molecular weight is 342 g/mol. The van der Waals surface area contributed by atoms with E-state index in [1.54, 1.807) is 42.7 Å². The Balaban J connectivity index is 1.73. The molecule has 1 N–H and O–H groups in total. The molecule has 7 heteroatoms. The van der Waals surface area contributed by atoms with Crippen molar-refractivity contribution in [2.75, 3.05) is 5.32 Å². The Labute approximate surface area is 139 Å². The maximum Gasteiger partial charge on any atom is 0.291 e. The van der Waals surface area contributed by atoms with Gasteiger partial charge < -0.3 is 9.73 Å². The van der Waals surface area contributed by atoms with Crippen LogP contribution < -0.4 is 5.32 Å². The third kappa shape index (κ3) is 3.69. The number of carbonyl (C=O) groups is 1. The molecule has 0 aliphatic heterocycles. The molecule has 0 saturated carbocycles. The van der Waals surface area contributed by atoms with Gasteiger partial charge in [0.15, 0.2) is 15.6 Å². The number of aromatic nitrogens is 1. The summed E-state index contributed by atoms with van der Waals surface area (Å²) in [5.41, 5.74) is 0.574. The summed E-state index contributed by atoms with van der Waals surface area (Å²) in [6.07, 6.45) is 3.10. The van der Waals surface area contributed by atoms with Crippen molar-refractivity contribution in [1.29, 1.82) is 0 Å². The molecule has 2 heterocycles. The standard InChI is InChI=1S/C17H14N2O4S/c20-17(19-13-8-10-18-11-9-13)16-7-6-14(23-16)12-24(21,22)15-4-2-1-3-5-15/h1-11H,12H2,(H,18,19,20). The monoisotopic (exact) mass is 342 g/mol. The minimum atomic E-state index is -3.52. The predicted octanol–water partition coefficient (Wildman–Crippen LogP) is 2.90. The molecule has 122 valence electrons. The van der Waals surface area contributed by atoms with Gasteiger partial charge in [-0.05, 0) is 36.4 Å². The molecule has 3 rings (SSSR count). The molecule has 0 fully saturated rings. The van der Waals surface area contributed by atoms with Gasteiger partial charge in [-0.25, -0.2) is 8.42 Å². The zero-order valence-corrected chi connectivity index (χ0v) is 13.4. The summed E-state index contributed by atoms with van der Waals surface area (Å²) in [7, 11) is -3.52. The highest BCUT2D eigenvalue weighted by Crippen LogP contribution is 2.18. The van der Waals surface area contributed by atoms with E-state index in [1.165, 1.54) is 24.3 Å². The van der Waals surface area contributed by atoms with Gasteiger partial charge in [-0.1, -0.05) is 18.2 Å². The van der Waals surface area contributed by atoms with Crippen LogP contribution in [0.1, 0.15) is 16.3 Å². The Kier molecular flexibility index (Phi) is 4.43. The summed E-state index contributed by atoms with van der Waals surface area (Å²) in [5, 5.41) is 2.64. The number of sulfone groups is 1. The number of hydrogen-bond acceptors (Lipinski definition) is 5. The molecular formula is C17H14N2O4S. The minimum Gasteiger partial charge on any atom is -0.455 e. The number of carbonyl (C=O) groups excluding carboxylic acids is 1. The molecule has 0 spiro atoms. The van der Waals surface area contributed by atoms with Crippen molar-refractivity contribution < 1.29 is 17.6 Å². The third-order valence-corrected chi connectivity index (χ3v) is 4.91. The topological polar surface area (TPSA) is 89.3 Å². The fourth-order valence-electron chi connectivity index (χ4n) is 2.10. The molecule has 0 aliphatic carbocycles. The van der Waals surface area contributed by atoms with E-state index in [-0.39, 0.29) is 22.2 Å². The summed E-state index contributed by atoms with van der Waals surface area (Å²) < 4.78 is 30.0. The van der Waals surface area contributed by atoms with Crippen molar-refractivity contribution in [3.63, 3.8) is 0 Å². The average Bonchev–Trinajstić information content (AvgIpc) is 3.04. The first-order valence-corrected chi connectivity index (χ1v) is 8.78. The molecule has 1 aromatic carbocycles. The zero-order chi connectivity index (χ0) is 17.0. The van der Waals surface area contributed by atoms with Crippen LogP contribution in [0.5, 0.6) is 0 Å². The lowest BCUT2D eigenvalue weighted by atomic mass is 10.3. The molecule has 0 saturated heterocycles. The van der Waals surface area contributed by atoms with Gasteiger partial charge in [0.25, 0.3) is 5.91 Å². The summed E-state index contributed by atoms with van der Waals surface area (Å²) in [6.45, 7) is 0. The lowest BCUT2D eigenvalue weighted by molar-refractivity contribution is 0.0995. The molecule has 0 radical (unpaired) electrons. The number of hydrogen-bond donors (Lipinski definition) is 1. The molecule has 3 aromatic rings. The number of furan rings is 1. The van der Waals surface area contributed by atoms with Crippen LogP contribution in [0.25, 0.3) is 0 Å². The van der Waals surface area contributed by atoms with Crippen LogP contribution in [0.2, 0.25) is 0 Å². The SMILES string of the molecule is O=C(Nc1ccncc1)c1ccc(CS(=O)(=O)c2ccccc2)o1. The van der Waals surface area contributed by atoms with Gasteiger partial charge >= 0.3 is 0 Å². The smallest absolute Gasteiger partial charge is 0.291 e. The Bertz CT molecular complexity index is 935. The van der Waals surface area contributed by atoms with Gasteiger partial charge in [-0.15, -0.1) is 0 Å². The maximum absolute atomic E-state index is 12.3. The fourth-order valence-corrected chi connectivity index (χ4v) is 3.37. The van der Waals surface area contributed by atoms with E-state index in [1.807, 2.05) is 0 Å². The van der Waals surface area contributed by atoms with Crippen LogP contribution in [0.4, 0.5) is 5.69 Å². The summed E-state index contributed by atoms with van der Waals surface area (Å²) in [5.74, 6) is -0.507. The number of anilines is 1. The summed E-state index contributed by atoms with van der Waals surface area (Å²) >= 11 is 0. The van der Waals surface area contributed by atoms with Crippen molar-refractivity contribution in [1.82, 2.24) is 4.98 Å². The second-order valence-corrected chi connectivity index (χ2v) is 7.02. The van der Waals surface area contributed by atoms with Crippen molar-refractivity contribution in [3.8, 4) is 0 Å². The largest absolute Gasteiger partial charge is 0.455 e. The fraction of sp³-hybridized carbons (Fsp3) is 0.0588. The van der Waals surface area contributed by atoms with E-state index in [9.17, 15) is 13.2 Å². The normalized spacial score (nSPS) is 11.2. The number of pyridine rings is 1. The van der Waals surface area contributed by atoms with E-state index in [4.69, 9.17) is 4.42 Å². The minimum absolute atomic E-state index is 0.0464. The van der Waals surface area contributed by atoms with E-state index in [0.717, 1.165) is 0 Å². The molecule has 0 aliphatic rings. The van der Waals surface area contributed by atoms with Gasteiger partial charge in [0.2, 0.25) is 0 Å². The molecule has 6 nitrogen and oxygen atoms in total. The van der Waals surface area contributed by atoms with Crippen LogP contribution in [-0.4, -0.2) is 19.3 Å². The Morgan fingerprint density at radius 3 is 2.42 bits per heavy atom. The highest BCUT2D eigenvalue weighted by atomic mass is 32.2. The maximum atomic E-state index is 12.3. The zero-order valence-electron chi connectivity index (χ0n) is 12.5. The van der Waals surface area contributed by atoms with Crippen LogP contribution in [-0.2, 0) is 15.6 Å². The van der Waals surface area contributed by atoms with Gasteiger partial charge in [0.05, 0.1) is 4.90 Å². The van der Waals surface area contributed by atoms with E-state index in [2.05, 4.69) is 10.3 Å². The van der Waals surface area contributed by atoms with E-state index in [0.29, 0.717) is 5.69 Å². The van der Waals surface area contributed by atoms with Gasteiger partial charge in [0.1, 0.15) is 11.5 Å². The van der Waals surface area contributed by atoms with Crippen molar-refractivity contribution in [2.24, 2.45) is 0 Å². The van der Waals surface area contributed by atoms with Crippen LogP contribution in [0.3, 0.4) is 0 Å². The lowest BCUT2D eigenvalue weighted by Crippen LogP contribution is -2.10. The first kappa shape index (κ1) is 15.9. The quantitative estimate of drug-likeness (QED) is 0.770. The second-order valence-electron chi connectivity index (χ2n) is 5.03. The van der Waals surface area contributed by atoms with Crippen molar-refractivity contribution in [3.05, 3.63) is 78.5 Å². The molecule has 0 bridgehead atoms. The van der Waals surface area contributed by atoms with Gasteiger partial charge in [0, 0.05) is 18.1 Å². The van der Waals surface area contributed by atoms with Crippen molar-refractivity contribution >= 4 is 21.4 Å². The van der Waals surface area contributed by atoms with Crippen LogP contribution in [0.15, 0.2) is 76.3 Å². The molecule has 0 unspecified atom stereocenters. The van der Waals surface area contributed by atoms with E-state index >= 15 is 0 Å². The number of nitrogens with zero attached hydrogens (tertiary/aromatic N) is 1. The summed E-state index contributed by atoms with van der Waals surface area (Å²) in [4.78, 5) is 16.2. The predicted molar refractivity (Wildman–Crippen MR) is 88.2 cm³/mol. The van der Waals surface area contributed by atoms with Crippen molar-refractivity contribution in [2.45, 2.75) is 10.6 Å². The molecule has 1 amide bonds. The molecule has 0 atom stereocenters. The van der Waals surface area contributed by atoms with Gasteiger partial charge in [-0.3, -0.25) is 9.78 Å². The molecule has 2 aromatic heterocycles.